The van der Waals surface area contributed by atoms with Crippen LogP contribution >= 0.6 is 11.6 Å². The van der Waals surface area contributed by atoms with Gasteiger partial charge in [-0.3, -0.25) is 4.98 Å². The molecule has 1 unspecified atom stereocenters. The van der Waals surface area contributed by atoms with Crippen LogP contribution in [0.1, 0.15) is 168 Å². The van der Waals surface area contributed by atoms with Crippen molar-refractivity contribution in [3.8, 4) is 11.3 Å². The van der Waals surface area contributed by atoms with Gasteiger partial charge in [0.15, 0.2) is 0 Å². The molecular weight excluding hydrogens is 678 g/mol. The minimum atomic E-state index is 0.395. The van der Waals surface area contributed by atoms with Gasteiger partial charge in [-0.25, -0.2) is 4.98 Å². The van der Waals surface area contributed by atoms with Crippen molar-refractivity contribution < 1.29 is 9.47 Å². The maximum Gasteiger partial charge on any atom is 0.126 e. The highest BCUT2D eigenvalue weighted by Gasteiger charge is 2.33. The quantitative estimate of drug-likeness (QED) is 0.221. The SMILES string of the molecule is CC.CC.CC.CC.CC.CC.CCC1(C(C)C)CCOCC1.CCc1cccc(-c2cc(NC3CCC(NC(C)COC)CC3)ncc2Cl)n1.CN. The first-order chi connectivity index (χ1) is 25.8. The lowest BCUT2D eigenvalue weighted by molar-refractivity contribution is -0.0126. The van der Waals surface area contributed by atoms with E-state index in [0.29, 0.717) is 28.6 Å². The fraction of sp³-hybridized carbons (Fsp3) is 0.778. The topological polar surface area (TPSA) is 94.3 Å². The third-order valence-corrected chi connectivity index (χ3v) is 9.04. The smallest absolute Gasteiger partial charge is 0.126 e. The molecule has 2 aromatic rings. The molecule has 1 saturated heterocycles. The van der Waals surface area contributed by atoms with Crippen LogP contribution in [0.25, 0.3) is 11.3 Å². The molecule has 1 saturated carbocycles. The summed E-state index contributed by atoms with van der Waals surface area (Å²) >= 11 is 6.41. The summed E-state index contributed by atoms with van der Waals surface area (Å²) in [6, 6.07) is 9.50. The molecule has 1 aliphatic heterocycles. The number of aromatic nitrogens is 2. The van der Waals surface area contributed by atoms with Crippen molar-refractivity contribution in [1.29, 1.82) is 0 Å². The first-order valence-electron chi connectivity index (χ1n) is 21.6. The van der Waals surface area contributed by atoms with E-state index in [1.807, 2.05) is 107 Å². The van der Waals surface area contributed by atoms with Gasteiger partial charge in [-0.05, 0) is 88.4 Å². The summed E-state index contributed by atoms with van der Waals surface area (Å²) in [5.74, 6) is 1.68. The molecule has 4 rings (SSSR count). The van der Waals surface area contributed by atoms with Gasteiger partial charge >= 0.3 is 0 Å². The van der Waals surface area contributed by atoms with Crippen LogP contribution < -0.4 is 16.4 Å². The van der Waals surface area contributed by atoms with Crippen LogP contribution in [-0.2, 0) is 15.9 Å². The van der Waals surface area contributed by atoms with Crippen LogP contribution in [0, 0.1) is 11.3 Å². The molecule has 2 aliphatic rings. The second-order valence-corrected chi connectivity index (χ2v) is 12.0. The highest BCUT2D eigenvalue weighted by atomic mass is 35.5. The van der Waals surface area contributed by atoms with Gasteiger partial charge in [0.05, 0.1) is 17.3 Å². The summed E-state index contributed by atoms with van der Waals surface area (Å²) in [4.78, 5) is 9.19. The van der Waals surface area contributed by atoms with Crippen LogP contribution in [-0.4, -0.2) is 62.1 Å². The third kappa shape index (κ3) is 25.9. The van der Waals surface area contributed by atoms with E-state index in [9.17, 15) is 0 Å². The predicted octanol–water partition coefficient (Wildman–Crippen LogP) is 13.3. The Bertz CT molecular complexity index is 995. The zero-order valence-corrected chi connectivity index (χ0v) is 39.4. The molecular formula is C45H92ClN5O2. The molecule has 3 heterocycles. The van der Waals surface area contributed by atoms with Crippen LogP contribution in [0.3, 0.4) is 0 Å². The average molecular weight is 771 g/mol. The lowest BCUT2D eigenvalue weighted by atomic mass is 9.69. The van der Waals surface area contributed by atoms with Crippen molar-refractivity contribution >= 4 is 17.4 Å². The number of pyridine rings is 2. The predicted molar refractivity (Wildman–Crippen MR) is 242 cm³/mol. The fourth-order valence-corrected chi connectivity index (χ4v) is 6.17. The maximum atomic E-state index is 6.41. The number of nitrogens with zero attached hydrogens (tertiary/aromatic N) is 2. The zero-order chi connectivity index (χ0) is 42.3. The van der Waals surface area contributed by atoms with E-state index in [-0.39, 0.29) is 0 Å². The number of ether oxygens (including phenoxy) is 2. The van der Waals surface area contributed by atoms with Crippen molar-refractivity contribution in [3.05, 3.63) is 41.2 Å². The molecule has 8 heteroatoms. The van der Waals surface area contributed by atoms with Gasteiger partial charge in [0.1, 0.15) is 5.82 Å². The molecule has 316 valence electrons. The number of anilines is 1. The Labute approximate surface area is 337 Å². The molecule has 0 amide bonds. The molecule has 0 spiro atoms. The summed E-state index contributed by atoms with van der Waals surface area (Å²) in [6.07, 6.45) is 11.0. The minimum Gasteiger partial charge on any atom is -0.383 e. The summed E-state index contributed by atoms with van der Waals surface area (Å²) in [5, 5.41) is 7.89. The second kappa shape index (κ2) is 43.0. The average Bonchev–Trinajstić information content (AvgIpc) is 3.25. The number of rotatable bonds is 10. The largest absolute Gasteiger partial charge is 0.383 e. The first kappa shape index (κ1) is 60.5. The lowest BCUT2D eigenvalue weighted by Crippen LogP contribution is -2.42. The highest BCUT2D eigenvalue weighted by molar-refractivity contribution is 6.33. The molecule has 53 heavy (non-hydrogen) atoms. The van der Waals surface area contributed by atoms with E-state index in [1.54, 1.807) is 13.3 Å². The van der Waals surface area contributed by atoms with Crippen molar-refractivity contribution in [2.75, 3.05) is 39.3 Å². The van der Waals surface area contributed by atoms with Crippen LogP contribution in [0.2, 0.25) is 5.02 Å². The van der Waals surface area contributed by atoms with Gasteiger partial charge in [-0.15, -0.1) is 0 Å². The van der Waals surface area contributed by atoms with Crippen molar-refractivity contribution in [1.82, 2.24) is 15.3 Å². The van der Waals surface area contributed by atoms with Gasteiger partial charge in [-0.1, -0.05) is 135 Å². The molecule has 1 atom stereocenters. The van der Waals surface area contributed by atoms with Crippen molar-refractivity contribution in [3.63, 3.8) is 0 Å². The number of aryl methyl sites for hydroxylation is 1. The number of nitrogens with one attached hydrogen (secondary N) is 2. The molecule has 0 aromatic carbocycles. The van der Waals surface area contributed by atoms with Crippen molar-refractivity contribution in [2.45, 2.75) is 187 Å². The number of methoxy groups -OCH3 is 1. The lowest BCUT2D eigenvalue weighted by Gasteiger charge is -2.40. The maximum absolute atomic E-state index is 6.41. The monoisotopic (exact) mass is 770 g/mol. The number of nitrogens with two attached hydrogens (primary N) is 1. The second-order valence-electron chi connectivity index (χ2n) is 11.6. The Balaban J connectivity index is -0.000000256. The van der Waals surface area contributed by atoms with Crippen molar-refractivity contribution in [2.24, 2.45) is 17.1 Å². The molecule has 0 radical (unpaired) electrons. The van der Waals surface area contributed by atoms with Crippen LogP contribution in [0.5, 0.6) is 0 Å². The third-order valence-electron chi connectivity index (χ3n) is 8.73. The summed E-state index contributed by atoms with van der Waals surface area (Å²) < 4.78 is 10.6. The van der Waals surface area contributed by atoms with Gasteiger partial charge in [0.2, 0.25) is 0 Å². The fourth-order valence-electron chi connectivity index (χ4n) is 5.97. The minimum absolute atomic E-state index is 0.395. The van der Waals surface area contributed by atoms with Gasteiger partial charge in [0, 0.05) is 55.9 Å². The van der Waals surface area contributed by atoms with E-state index in [1.165, 1.54) is 26.3 Å². The zero-order valence-electron chi connectivity index (χ0n) is 38.6. The Morgan fingerprint density at radius 2 is 1.36 bits per heavy atom. The number of halogens is 1. The molecule has 0 bridgehead atoms. The normalized spacial score (nSPS) is 16.7. The molecule has 4 N–H and O–H groups in total. The number of hydrogen-bond donors (Lipinski definition) is 3. The van der Waals surface area contributed by atoms with E-state index in [2.05, 4.69) is 56.0 Å². The van der Waals surface area contributed by atoms with Gasteiger partial charge < -0.3 is 25.8 Å². The van der Waals surface area contributed by atoms with Crippen LogP contribution in [0.15, 0.2) is 30.5 Å². The summed E-state index contributed by atoms with van der Waals surface area (Å²) in [7, 11) is 3.25. The van der Waals surface area contributed by atoms with E-state index in [4.69, 9.17) is 26.1 Å². The molecule has 2 aromatic heterocycles. The summed E-state index contributed by atoms with van der Waals surface area (Å²) in [5.41, 5.74) is 7.99. The Morgan fingerprint density at radius 1 is 0.849 bits per heavy atom. The Hall–Kier alpha value is -1.77. The Morgan fingerprint density at radius 3 is 1.79 bits per heavy atom. The van der Waals surface area contributed by atoms with E-state index >= 15 is 0 Å². The molecule has 7 nitrogen and oxygen atoms in total. The number of hydrogen-bond acceptors (Lipinski definition) is 7. The van der Waals surface area contributed by atoms with E-state index < -0.39 is 0 Å². The summed E-state index contributed by atoms with van der Waals surface area (Å²) in [6.45, 7) is 38.0. The standard InChI is InChI=1S/C22H31ClN4O.C10H20O.6C2H6.CH5N/c1-4-16-6-5-7-21(26-16)19-12-22(24-13-20(19)23)27-18-10-8-17(9-11-18)25-15(2)14-28-3;1-4-10(9(2)3)5-7-11-8-6-10;7*1-2/h5-7,12-13,15,17-18,25H,4,8-11,14H2,1-3H3,(H,24,27);9H,4-8H2,1-3H3;6*1-2H3;2H2,1H3. The van der Waals surface area contributed by atoms with E-state index in [0.717, 1.165) is 80.6 Å². The first-order valence-corrected chi connectivity index (χ1v) is 22.0. The van der Waals surface area contributed by atoms with Gasteiger partial charge in [-0.2, -0.15) is 0 Å². The van der Waals surface area contributed by atoms with Crippen LogP contribution in [0.4, 0.5) is 5.82 Å². The molecule has 2 fully saturated rings. The van der Waals surface area contributed by atoms with Gasteiger partial charge in [0.25, 0.3) is 0 Å². The molecule has 1 aliphatic carbocycles. The highest BCUT2D eigenvalue weighted by Crippen LogP contribution is 2.40. The Kier molecular flexibility index (Phi) is 49.0.